The van der Waals surface area contributed by atoms with Crippen LogP contribution in [-0.4, -0.2) is 24.0 Å². The van der Waals surface area contributed by atoms with E-state index in [0.29, 0.717) is 0 Å². The first kappa shape index (κ1) is 10.6. The first-order valence-corrected chi connectivity index (χ1v) is 5.56. The van der Waals surface area contributed by atoms with Gasteiger partial charge in [0.15, 0.2) is 0 Å². The first-order valence-electron chi connectivity index (χ1n) is 5.56. The van der Waals surface area contributed by atoms with E-state index in [1.165, 1.54) is 38.6 Å². The van der Waals surface area contributed by atoms with E-state index in [-0.39, 0.29) is 0 Å². The number of hydrogen-bond donors (Lipinski definition) is 0. The van der Waals surface area contributed by atoms with Gasteiger partial charge in [-0.15, -0.1) is 12.3 Å². The summed E-state index contributed by atoms with van der Waals surface area (Å²) in [6.45, 7) is 4.65. The zero-order valence-corrected chi connectivity index (χ0v) is 8.76. The summed E-state index contributed by atoms with van der Waals surface area (Å²) in [5.41, 5.74) is 0. The van der Waals surface area contributed by atoms with Crippen molar-refractivity contribution in [1.82, 2.24) is 4.90 Å². The van der Waals surface area contributed by atoms with E-state index < -0.39 is 0 Å². The number of hydrogen-bond acceptors (Lipinski definition) is 1. The fraction of sp³-hybridized carbons (Fsp3) is 0.833. The topological polar surface area (TPSA) is 3.24 Å². The molecule has 0 amide bonds. The summed E-state index contributed by atoms with van der Waals surface area (Å²) in [5.74, 6) is 2.74. The lowest BCUT2D eigenvalue weighted by atomic mass is 9.98. The Balaban J connectivity index is 2.33. The van der Waals surface area contributed by atoms with Gasteiger partial charge < -0.3 is 0 Å². The van der Waals surface area contributed by atoms with Crippen LogP contribution in [-0.2, 0) is 0 Å². The third kappa shape index (κ3) is 3.40. The Morgan fingerprint density at radius 1 is 1.46 bits per heavy atom. The maximum atomic E-state index is 5.29. The average molecular weight is 179 g/mol. The highest BCUT2D eigenvalue weighted by Crippen LogP contribution is 2.20. The molecule has 74 valence electrons. The SMILES string of the molecule is C#CCCN1CCCCC1CCC. The Bertz CT molecular complexity index is 166. The summed E-state index contributed by atoms with van der Waals surface area (Å²) >= 11 is 0. The van der Waals surface area contributed by atoms with E-state index in [1.807, 2.05) is 0 Å². The molecule has 1 saturated heterocycles. The van der Waals surface area contributed by atoms with Crippen LogP contribution in [0.15, 0.2) is 0 Å². The molecule has 0 radical (unpaired) electrons. The van der Waals surface area contributed by atoms with Crippen LogP contribution in [0.4, 0.5) is 0 Å². The summed E-state index contributed by atoms with van der Waals surface area (Å²) in [6.07, 6.45) is 13.0. The maximum Gasteiger partial charge on any atom is 0.0214 e. The minimum absolute atomic E-state index is 0.826. The zero-order valence-electron chi connectivity index (χ0n) is 8.76. The molecule has 1 heterocycles. The van der Waals surface area contributed by atoms with Crippen LogP contribution in [0, 0.1) is 12.3 Å². The molecule has 13 heavy (non-hydrogen) atoms. The Kier molecular flexibility index (Phi) is 4.93. The van der Waals surface area contributed by atoms with E-state index in [2.05, 4.69) is 17.7 Å². The number of nitrogens with zero attached hydrogens (tertiary/aromatic N) is 1. The van der Waals surface area contributed by atoms with Gasteiger partial charge in [0.05, 0.1) is 0 Å². The number of likely N-dealkylation sites (tertiary alicyclic amines) is 1. The highest BCUT2D eigenvalue weighted by atomic mass is 15.2. The molecule has 0 N–H and O–H groups in total. The van der Waals surface area contributed by atoms with Gasteiger partial charge in [0, 0.05) is 19.0 Å². The molecular weight excluding hydrogens is 158 g/mol. The van der Waals surface area contributed by atoms with Crippen LogP contribution in [0.1, 0.15) is 45.4 Å². The van der Waals surface area contributed by atoms with E-state index in [9.17, 15) is 0 Å². The number of rotatable bonds is 4. The van der Waals surface area contributed by atoms with Crippen molar-refractivity contribution < 1.29 is 0 Å². The minimum atomic E-state index is 0.826. The molecule has 0 aromatic heterocycles. The molecule has 0 aromatic rings. The third-order valence-corrected chi connectivity index (χ3v) is 2.91. The smallest absolute Gasteiger partial charge is 0.0214 e. The van der Waals surface area contributed by atoms with E-state index in [1.54, 1.807) is 0 Å². The summed E-state index contributed by atoms with van der Waals surface area (Å²) in [7, 11) is 0. The maximum absolute atomic E-state index is 5.29. The van der Waals surface area contributed by atoms with Crippen molar-refractivity contribution in [1.29, 1.82) is 0 Å². The van der Waals surface area contributed by atoms with Gasteiger partial charge in [0.2, 0.25) is 0 Å². The van der Waals surface area contributed by atoms with Gasteiger partial charge in [-0.25, -0.2) is 0 Å². The van der Waals surface area contributed by atoms with Crippen LogP contribution in [0.5, 0.6) is 0 Å². The zero-order chi connectivity index (χ0) is 9.52. The van der Waals surface area contributed by atoms with Gasteiger partial charge in [0.25, 0.3) is 0 Å². The molecule has 1 aliphatic heterocycles. The summed E-state index contributed by atoms with van der Waals surface area (Å²) < 4.78 is 0. The van der Waals surface area contributed by atoms with Gasteiger partial charge in [-0.3, -0.25) is 4.90 Å². The lowest BCUT2D eigenvalue weighted by Crippen LogP contribution is -2.39. The molecule has 1 aliphatic rings. The monoisotopic (exact) mass is 179 g/mol. The minimum Gasteiger partial charge on any atom is -0.299 e. The molecule has 0 saturated carbocycles. The van der Waals surface area contributed by atoms with Crippen molar-refractivity contribution in [3.05, 3.63) is 0 Å². The quantitative estimate of drug-likeness (QED) is 0.600. The molecular formula is C12H21N. The van der Waals surface area contributed by atoms with Crippen LogP contribution in [0.25, 0.3) is 0 Å². The van der Waals surface area contributed by atoms with Crippen molar-refractivity contribution in [3.8, 4) is 12.3 Å². The molecule has 1 rings (SSSR count). The summed E-state index contributed by atoms with van der Waals surface area (Å²) in [4.78, 5) is 2.59. The van der Waals surface area contributed by atoms with Crippen LogP contribution < -0.4 is 0 Å². The first-order chi connectivity index (χ1) is 6.38. The summed E-state index contributed by atoms with van der Waals surface area (Å²) in [6, 6.07) is 0.826. The van der Waals surface area contributed by atoms with Gasteiger partial charge in [-0.2, -0.15) is 0 Å². The van der Waals surface area contributed by atoms with Crippen LogP contribution >= 0.6 is 0 Å². The fourth-order valence-corrected chi connectivity index (χ4v) is 2.22. The van der Waals surface area contributed by atoms with Crippen LogP contribution in [0.2, 0.25) is 0 Å². The largest absolute Gasteiger partial charge is 0.299 e. The fourth-order valence-electron chi connectivity index (χ4n) is 2.22. The van der Waals surface area contributed by atoms with Gasteiger partial charge in [-0.05, 0) is 25.8 Å². The Morgan fingerprint density at radius 2 is 2.31 bits per heavy atom. The molecule has 1 nitrogen and oxygen atoms in total. The molecule has 1 atom stereocenters. The van der Waals surface area contributed by atoms with Gasteiger partial charge in [0.1, 0.15) is 0 Å². The normalized spacial score (nSPS) is 24.2. The Hall–Kier alpha value is -0.480. The molecule has 0 aliphatic carbocycles. The van der Waals surface area contributed by atoms with Crippen molar-refractivity contribution in [2.75, 3.05) is 13.1 Å². The predicted octanol–water partition coefficient (Wildman–Crippen LogP) is 2.66. The van der Waals surface area contributed by atoms with Crippen molar-refractivity contribution in [2.24, 2.45) is 0 Å². The van der Waals surface area contributed by atoms with E-state index >= 15 is 0 Å². The van der Waals surface area contributed by atoms with Crippen molar-refractivity contribution in [3.63, 3.8) is 0 Å². The molecule has 1 fully saturated rings. The number of terminal acetylenes is 1. The summed E-state index contributed by atoms with van der Waals surface area (Å²) in [5, 5.41) is 0. The van der Waals surface area contributed by atoms with Gasteiger partial charge in [-0.1, -0.05) is 19.8 Å². The Labute approximate surface area is 82.5 Å². The Morgan fingerprint density at radius 3 is 3.00 bits per heavy atom. The van der Waals surface area contributed by atoms with E-state index in [4.69, 9.17) is 6.42 Å². The lowest BCUT2D eigenvalue weighted by Gasteiger charge is -2.35. The standard InChI is InChI=1S/C12H21N/c1-3-5-10-13-11-7-6-9-12(13)8-4-2/h1,12H,4-11H2,2H3. The second-order valence-electron chi connectivity index (χ2n) is 3.93. The molecule has 1 unspecified atom stereocenters. The molecule has 1 heteroatoms. The highest BCUT2D eigenvalue weighted by molar-refractivity contribution is 4.87. The van der Waals surface area contributed by atoms with Crippen molar-refractivity contribution in [2.45, 2.75) is 51.5 Å². The molecule has 0 bridgehead atoms. The highest BCUT2D eigenvalue weighted by Gasteiger charge is 2.20. The molecule has 0 spiro atoms. The molecule has 0 aromatic carbocycles. The predicted molar refractivity (Wildman–Crippen MR) is 57.6 cm³/mol. The second kappa shape index (κ2) is 6.05. The van der Waals surface area contributed by atoms with Gasteiger partial charge >= 0.3 is 0 Å². The second-order valence-corrected chi connectivity index (χ2v) is 3.93. The van der Waals surface area contributed by atoms with Crippen molar-refractivity contribution >= 4 is 0 Å². The third-order valence-electron chi connectivity index (χ3n) is 2.91. The lowest BCUT2D eigenvalue weighted by molar-refractivity contribution is 0.143. The van der Waals surface area contributed by atoms with E-state index in [0.717, 1.165) is 19.0 Å². The number of piperidine rings is 1. The van der Waals surface area contributed by atoms with Crippen LogP contribution in [0.3, 0.4) is 0 Å². The average Bonchev–Trinajstić information content (AvgIpc) is 2.17.